The highest BCUT2D eigenvalue weighted by atomic mass is 17.2. The molecule has 0 rings (SSSR count). The molecule has 0 unspecified atom stereocenters. The lowest BCUT2D eigenvalue weighted by Crippen LogP contribution is -2.15. The highest BCUT2D eigenvalue weighted by Crippen LogP contribution is 1.99. The molecule has 0 saturated heterocycles. The van der Waals surface area contributed by atoms with Gasteiger partial charge in [-0.25, -0.2) is 19.4 Å². The second-order valence-corrected chi connectivity index (χ2v) is 2.71. The van der Waals surface area contributed by atoms with Gasteiger partial charge in [-0.05, 0) is 6.92 Å². The summed E-state index contributed by atoms with van der Waals surface area (Å²) < 4.78 is 0. The molecule has 0 aliphatic heterocycles. The summed E-state index contributed by atoms with van der Waals surface area (Å²) in [5.41, 5.74) is 0.187. The van der Waals surface area contributed by atoms with Crippen LogP contribution in [0.2, 0.25) is 0 Å². The van der Waals surface area contributed by atoms with Crippen molar-refractivity contribution in [1.82, 2.24) is 0 Å². The third-order valence-electron chi connectivity index (χ3n) is 1.02. The molecule has 4 heteroatoms. The van der Waals surface area contributed by atoms with Crippen LogP contribution < -0.4 is 0 Å². The van der Waals surface area contributed by atoms with Crippen molar-refractivity contribution in [2.24, 2.45) is 5.92 Å². The van der Waals surface area contributed by atoms with Crippen LogP contribution in [0, 0.1) is 5.92 Å². The maximum Gasteiger partial charge on any atom is 0.381 e. The number of hydrogen-bond donors (Lipinski definition) is 0. The summed E-state index contributed by atoms with van der Waals surface area (Å²) in [5.74, 6) is -1.63. The third-order valence-corrected chi connectivity index (χ3v) is 1.02. The molecule has 0 aliphatic carbocycles. The van der Waals surface area contributed by atoms with Gasteiger partial charge in [-0.1, -0.05) is 20.4 Å². The van der Waals surface area contributed by atoms with Crippen molar-refractivity contribution in [3.05, 3.63) is 12.2 Å². The standard InChI is InChI=1S/C8H12O4/c1-5(2)7(9)11-12-8(10)6(3)4/h6H,1H2,2-4H3. The first kappa shape index (κ1) is 10.7. The average molecular weight is 172 g/mol. The van der Waals surface area contributed by atoms with Gasteiger partial charge in [0.2, 0.25) is 0 Å². The predicted molar refractivity (Wildman–Crippen MR) is 41.8 cm³/mol. The van der Waals surface area contributed by atoms with Gasteiger partial charge in [0.15, 0.2) is 0 Å². The number of carbonyl (C=O) groups is 2. The summed E-state index contributed by atoms with van der Waals surface area (Å²) in [6.45, 7) is 8.05. The smallest absolute Gasteiger partial charge is 0.247 e. The monoisotopic (exact) mass is 172 g/mol. The first-order valence-electron chi connectivity index (χ1n) is 3.53. The van der Waals surface area contributed by atoms with E-state index >= 15 is 0 Å². The second-order valence-electron chi connectivity index (χ2n) is 2.71. The lowest BCUT2D eigenvalue weighted by molar-refractivity contribution is -0.258. The Kier molecular flexibility index (Phi) is 4.04. The first-order valence-corrected chi connectivity index (χ1v) is 3.53. The molecule has 0 bridgehead atoms. The minimum Gasteiger partial charge on any atom is -0.247 e. The molecule has 0 aromatic rings. The Labute approximate surface area is 71.1 Å². The Morgan fingerprint density at radius 3 is 2.08 bits per heavy atom. The zero-order valence-electron chi connectivity index (χ0n) is 7.42. The van der Waals surface area contributed by atoms with Crippen LogP contribution in [0.4, 0.5) is 0 Å². The number of hydrogen-bond acceptors (Lipinski definition) is 4. The number of carbonyl (C=O) groups excluding carboxylic acids is 2. The van der Waals surface area contributed by atoms with Crippen LogP contribution in [-0.4, -0.2) is 11.9 Å². The fourth-order valence-corrected chi connectivity index (χ4v) is 0.246. The third kappa shape index (κ3) is 3.75. The molecule has 0 atom stereocenters. The van der Waals surface area contributed by atoms with E-state index in [0.717, 1.165) is 0 Å². The maximum atomic E-state index is 10.7. The number of rotatable bonds is 2. The van der Waals surface area contributed by atoms with Crippen molar-refractivity contribution >= 4 is 11.9 Å². The summed E-state index contributed by atoms with van der Waals surface area (Å²) in [5, 5.41) is 0. The molecule has 12 heavy (non-hydrogen) atoms. The quantitative estimate of drug-likeness (QED) is 0.357. The fourth-order valence-electron chi connectivity index (χ4n) is 0.246. The van der Waals surface area contributed by atoms with Crippen molar-refractivity contribution in [3.63, 3.8) is 0 Å². The minimum atomic E-state index is -0.732. The molecule has 0 fully saturated rings. The van der Waals surface area contributed by atoms with E-state index in [1.54, 1.807) is 13.8 Å². The summed E-state index contributed by atoms with van der Waals surface area (Å²) in [6.07, 6.45) is 0. The van der Waals surface area contributed by atoms with E-state index in [9.17, 15) is 9.59 Å². The van der Waals surface area contributed by atoms with Crippen molar-refractivity contribution in [3.8, 4) is 0 Å². The molecule has 0 spiro atoms. The molecule has 0 aliphatic rings. The van der Waals surface area contributed by atoms with Gasteiger partial charge in [0.05, 0.1) is 5.92 Å². The van der Waals surface area contributed by atoms with Gasteiger partial charge in [0.25, 0.3) is 0 Å². The largest absolute Gasteiger partial charge is 0.381 e. The van der Waals surface area contributed by atoms with E-state index in [2.05, 4.69) is 16.4 Å². The molecule has 0 aromatic carbocycles. The molecule has 0 amide bonds. The van der Waals surface area contributed by atoms with Gasteiger partial charge in [0, 0.05) is 5.57 Å². The van der Waals surface area contributed by atoms with Crippen LogP contribution >= 0.6 is 0 Å². The molecule has 0 heterocycles. The maximum absolute atomic E-state index is 10.7. The topological polar surface area (TPSA) is 52.6 Å². The van der Waals surface area contributed by atoms with E-state index in [1.165, 1.54) is 6.92 Å². The molecule has 0 radical (unpaired) electrons. The zero-order valence-corrected chi connectivity index (χ0v) is 7.42. The van der Waals surface area contributed by atoms with Gasteiger partial charge in [-0.3, -0.25) is 0 Å². The van der Waals surface area contributed by atoms with E-state index < -0.39 is 11.9 Å². The van der Waals surface area contributed by atoms with Gasteiger partial charge in [-0.15, -0.1) is 0 Å². The predicted octanol–water partition coefficient (Wildman–Crippen LogP) is 1.22. The molecular formula is C8H12O4. The SMILES string of the molecule is C=C(C)C(=O)OOC(=O)C(C)C. The Hall–Kier alpha value is -1.32. The van der Waals surface area contributed by atoms with Crippen molar-refractivity contribution in [2.75, 3.05) is 0 Å². The van der Waals surface area contributed by atoms with E-state index in [0.29, 0.717) is 0 Å². The summed E-state index contributed by atoms with van der Waals surface area (Å²) >= 11 is 0. The minimum absolute atomic E-state index is 0.187. The van der Waals surface area contributed by atoms with Crippen molar-refractivity contribution < 1.29 is 19.4 Å². The molecule has 0 saturated carbocycles. The van der Waals surface area contributed by atoms with E-state index in [1.807, 2.05) is 0 Å². The highest BCUT2D eigenvalue weighted by molar-refractivity contribution is 5.87. The fraction of sp³-hybridized carbons (Fsp3) is 0.500. The molecule has 4 nitrogen and oxygen atoms in total. The highest BCUT2D eigenvalue weighted by Gasteiger charge is 2.13. The summed E-state index contributed by atoms with van der Waals surface area (Å²) in [7, 11) is 0. The normalized spacial score (nSPS) is 9.33. The Bertz CT molecular complexity index is 205. The molecule has 68 valence electrons. The molecule has 0 aromatic heterocycles. The lowest BCUT2D eigenvalue weighted by Gasteiger charge is -2.03. The Morgan fingerprint density at radius 1 is 1.25 bits per heavy atom. The summed E-state index contributed by atoms with van der Waals surface area (Å²) in [4.78, 5) is 29.7. The van der Waals surface area contributed by atoms with Gasteiger partial charge in [0.1, 0.15) is 0 Å². The van der Waals surface area contributed by atoms with Crippen LogP contribution in [0.15, 0.2) is 12.2 Å². The Balaban J connectivity index is 3.77. The average Bonchev–Trinajstić information content (AvgIpc) is 1.98. The van der Waals surface area contributed by atoms with Crippen LogP contribution in [0.1, 0.15) is 20.8 Å². The van der Waals surface area contributed by atoms with Crippen molar-refractivity contribution in [1.29, 1.82) is 0 Å². The van der Waals surface area contributed by atoms with Crippen LogP contribution in [-0.2, 0) is 19.4 Å². The second kappa shape index (κ2) is 4.54. The van der Waals surface area contributed by atoms with Gasteiger partial charge in [-0.2, -0.15) is 0 Å². The first-order chi connectivity index (χ1) is 5.45. The molecular weight excluding hydrogens is 160 g/mol. The van der Waals surface area contributed by atoms with Crippen LogP contribution in [0.25, 0.3) is 0 Å². The van der Waals surface area contributed by atoms with E-state index in [-0.39, 0.29) is 11.5 Å². The zero-order chi connectivity index (χ0) is 9.72. The van der Waals surface area contributed by atoms with Gasteiger partial charge < -0.3 is 0 Å². The lowest BCUT2D eigenvalue weighted by atomic mass is 10.2. The Morgan fingerprint density at radius 2 is 1.75 bits per heavy atom. The van der Waals surface area contributed by atoms with Crippen LogP contribution in [0.5, 0.6) is 0 Å². The molecule has 0 N–H and O–H groups in total. The van der Waals surface area contributed by atoms with Gasteiger partial charge >= 0.3 is 11.9 Å². The summed E-state index contributed by atoms with van der Waals surface area (Å²) in [6, 6.07) is 0. The van der Waals surface area contributed by atoms with Crippen LogP contribution in [0.3, 0.4) is 0 Å². The van der Waals surface area contributed by atoms with Crippen molar-refractivity contribution in [2.45, 2.75) is 20.8 Å². The van der Waals surface area contributed by atoms with E-state index in [4.69, 9.17) is 0 Å².